The first-order chi connectivity index (χ1) is 22.1. The number of hydrogen-bond acceptors (Lipinski definition) is 7. The van der Waals surface area contributed by atoms with E-state index in [1.807, 2.05) is 26.2 Å². The maximum atomic E-state index is 15.7. The summed E-state index contributed by atoms with van der Waals surface area (Å²) in [5.74, 6) is -3.49. The number of nitrogens with two attached hydrogens (primary N) is 1. The van der Waals surface area contributed by atoms with E-state index in [0.717, 1.165) is 80.2 Å². The number of halogens is 3. The Hall–Kier alpha value is -3.63. The first-order valence-corrected chi connectivity index (χ1v) is 16.6. The average Bonchev–Trinajstić information content (AvgIpc) is 3.88. The van der Waals surface area contributed by atoms with Gasteiger partial charge in [-0.25, -0.2) is 13.2 Å². The van der Waals surface area contributed by atoms with Crippen LogP contribution in [0.1, 0.15) is 54.6 Å². The van der Waals surface area contributed by atoms with Gasteiger partial charge in [0.2, 0.25) is 0 Å². The fraction of sp³-hybridized carbons (Fsp3) is 0.500. The number of aromatic nitrogens is 2. The fourth-order valence-electron chi connectivity index (χ4n) is 7.33. The first kappa shape index (κ1) is 31.0. The highest BCUT2D eigenvalue weighted by molar-refractivity contribution is 5.69. The lowest BCUT2D eigenvalue weighted by atomic mass is 9.95. The van der Waals surface area contributed by atoms with Crippen LogP contribution in [0.25, 0.3) is 0 Å². The predicted molar refractivity (Wildman–Crippen MR) is 177 cm³/mol. The number of piperidine rings is 2. The van der Waals surface area contributed by atoms with Gasteiger partial charge in [0.25, 0.3) is 5.92 Å². The number of fused-ring (bicyclic) bond motifs is 1. The van der Waals surface area contributed by atoms with Gasteiger partial charge < -0.3 is 20.4 Å². The number of benzene rings is 1. The molecule has 1 unspecified atom stereocenters. The maximum Gasteiger partial charge on any atom is 0.280 e. The van der Waals surface area contributed by atoms with E-state index in [2.05, 4.69) is 55.1 Å². The van der Waals surface area contributed by atoms with Gasteiger partial charge in [-0.05, 0) is 105 Å². The van der Waals surface area contributed by atoms with Gasteiger partial charge in [0.15, 0.2) is 0 Å². The minimum Gasteiger partial charge on any atom is -0.369 e. The van der Waals surface area contributed by atoms with Crippen LogP contribution in [0.2, 0.25) is 0 Å². The SMILES string of the molecule is Cc1ccc(N2CCC[C@H](N(CC3=CN(C4CC4)c4cc(N5CCC(N)C(F)(F)C5)c(F)cc4C3)Cc3ccnc(C)c3)C2)cn1. The summed E-state index contributed by atoms with van der Waals surface area (Å²) < 4.78 is 44.8. The van der Waals surface area contributed by atoms with Gasteiger partial charge in [-0.2, -0.15) is 0 Å². The normalized spacial score (nSPS) is 23.0. The number of anilines is 3. The van der Waals surface area contributed by atoms with Crippen molar-refractivity contribution in [1.29, 1.82) is 0 Å². The van der Waals surface area contributed by atoms with Crippen molar-refractivity contribution in [2.24, 2.45) is 5.73 Å². The van der Waals surface area contributed by atoms with E-state index in [9.17, 15) is 8.78 Å². The second-order valence-corrected chi connectivity index (χ2v) is 13.7. The predicted octanol–water partition coefficient (Wildman–Crippen LogP) is 5.99. The molecule has 244 valence electrons. The van der Waals surface area contributed by atoms with Crippen molar-refractivity contribution in [3.8, 4) is 0 Å². The first-order valence-electron chi connectivity index (χ1n) is 16.6. The molecule has 7 nitrogen and oxygen atoms in total. The Morgan fingerprint density at radius 1 is 0.935 bits per heavy atom. The van der Waals surface area contributed by atoms with Crippen LogP contribution in [0.15, 0.2) is 60.6 Å². The van der Waals surface area contributed by atoms with Crippen LogP contribution >= 0.6 is 0 Å². The van der Waals surface area contributed by atoms with E-state index < -0.39 is 24.3 Å². The Balaban J connectivity index is 1.16. The smallest absolute Gasteiger partial charge is 0.280 e. The number of alkyl halides is 2. The van der Waals surface area contributed by atoms with Gasteiger partial charge in [0.05, 0.1) is 30.2 Å². The molecule has 4 aliphatic rings. The Bertz CT molecular complexity index is 1590. The number of aryl methyl sites for hydroxylation is 2. The number of rotatable bonds is 8. The molecule has 0 bridgehead atoms. The van der Waals surface area contributed by atoms with E-state index in [0.29, 0.717) is 25.0 Å². The lowest BCUT2D eigenvalue weighted by Crippen LogP contribution is -2.55. The van der Waals surface area contributed by atoms with E-state index in [4.69, 9.17) is 5.73 Å². The summed E-state index contributed by atoms with van der Waals surface area (Å²) in [6.45, 7) is 7.26. The molecule has 46 heavy (non-hydrogen) atoms. The molecule has 10 heteroatoms. The summed E-state index contributed by atoms with van der Waals surface area (Å²) in [7, 11) is 0. The Kier molecular flexibility index (Phi) is 8.44. The van der Waals surface area contributed by atoms with Crippen molar-refractivity contribution in [3.63, 3.8) is 0 Å². The van der Waals surface area contributed by atoms with Crippen LogP contribution in [0.4, 0.5) is 30.2 Å². The molecule has 1 saturated carbocycles. The van der Waals surface area contributed by atoms with Crippen molar-refractivity contribution >= 4 is 17.1 Å². The summed E-state index contributed by atoms with van der Waals surface area (Å²) in [5.41, 5.74) is 13.4. The molecule has 0 spiro atoms. The van der Waals surface area contributed by atoms with Gasteiger partial charge in [0.1, 0.15) is 5.82 Å². The second-order valence-electron chi connectivity index (χ2n) is 13.7. The molecule has 7 rings (SSSR count). The van der Waals surface area contributed by atoms with Crippen molar-refractivity contribution in [1.82, 2.24) is 14.9 Å². The molecule has 1 aromatic carbocycles. The number of hydrogen-bond donors (Lipinski definition) is 1. The Morgan fingerprint density at radius 3 is 2.52 bits per heavy atom. The third-order valence-electron chi connectivity index (χ3n) is 10.0. The standard InChI is InChI=1S/C36H44F3N7/c1-24-5-6-30(18-42-24)43-12-3-4-31(22-43)45(19-26-9-11-41-25(2)14-26)20-27-15-28-16-32(37)34(17-33(28)46(21-27)29-7-8-29)44-13-10-35(40)36(38,39)23-44/h5-6,9,11,14,16-18,21,29,31,35H,3-4,7-8,10,12-13,15,19-20,22-23,40H2,1-2H3/t31-,35?/m0/s1. The molecule has 3 fully saturated rings. The summed E-state index contributed by atoms with van der Waals surface area (Å²) in [5, 5.41) is 0. The topological polar surface area (TPSA) is 64.8 Å². The summed E-state index contributed by atoms with van der Waals surface area (Å²) in [4.78, 5) is 17.7. The maximum absolute atomic E-state index is 15.7. The van der Waals surface area contributed by atoms with Crippen molar-refractivity contribution in [2.45, 2.75) is 83.0 Å². The molecule has 2 saturated heterocycles. The van der Waals surface area contributed by atoms with Crippen molar-refractivity contribution < 1.29 is 13.2 Å². The fourth-order valence-corrected chi connectivity index (χ4v) is 7.33. The molecule has 0 radical (unpaired) electrons. The summed E-state index contributed by atoms with van der Waals surface area (Å²) in [6.07, 6.45) is 11.2. The van der Waals surface area contributed by atoms with Crippen LogP contribution in [0.3, 0.4) is 0 Å². The molecule has 5 heterocycles. The highest BCUT2D eigenvalue weighted by Gasteiger charge is 2.43. The third kappa shape index (κ3) is 6.60. The average molecular weight is 632 g/mol. The second kappa shape index (κ2) is 12.5. The minimum atomic E-state index is -3.05. The van der Waals surface area contributed by atoms with E-state index in [-0.39, 0.29) is 12.1 Å². The summed E-state index contributed by atoms with van der Waals surface area (Å²) >= 11 is 0. The zero-order valence-electron chi connectivity index (χ0n) is 26.8. The van der Waals surface area contributed by atoms with E-state index >= 15 is 4.39 Å². The molecular formula is C36H44F3N7. The van der Waals surface area contributed by atoms with E-state index in [1.165, 1.54) is 16.0 Å². The quantitative estimate of drug-likeness (QED) is 0.328. The molecule has 2 atom stereocenters. The van der Waals surface area contributed by atoms with Gasteiger partial charge >= 0.3 is 0 Å². The Morgan fingerprint density at radius 2 is 1.78 bits per heavy atom. The number of pyridine rings is 2. The third-order valence-corrected chi connectivity index (χ3v) is 10.0. The minimum absolute atomic E-state index is 0.131. The molecule has 2 N–H and O–H groups in total. The zero-order chi connectivity index (χ0) is 32.0. The molecule has 2 aromatic heterocycles. The van der Waals surface area contributed by atoms with Gasteiger partial charge in [-0.3, -0.25) is 14.9 Å². The summed E-state index contributed by atoms with van der Waals surface area (Å²) in [6, 6.07) is 11.4. The molecule has 0 amide bonds. The van der Waals surface area contributed by atoms with Gasteiger partial charge in [-0.1, -0.05) is 0 Å². The van der Waals surface area contributed by atoms with Crippen molar-refractivity contribution in [3.05, 3.63) is 88.9 Å². The van der Waals surface area contributed by atoms with Crippen LogP contribution in [0.5, 0.6) is 0 Å². The molecular weight excluding hydrogens is 587 g/mol. The van der Waals surface area contributed by atoms with Crippen LogP contribution in [0, 0.1) is 19.7 Å². The monoisotopic (exact) mass is 631 g/mol. The lowest BCUT2D eigenvalue weighted by Gasteiger charge is -2.42. The van der Waals surface area contributed by atoms with Crippen molar-refractivity contribution in [2.75, 3.05) is 47.4 Å². The van der Waals surface area contributed by atoms with Crippen LogP contribution in [-0.4, -0.2) is 71.6 Å². The Labute approximate surface area is 269 Å². The number of nitrogens with zero attached hydrogens (tertiary/aromatic N) is 6. The molecule has 3 aliphatic heterocycles. The van der Waals surface area contributed by atoms with Crippen LogP contribution < -0.4 is 20.4 Å². The molecule has 3 aromatic rings. The highest BCUT2D eigenvalue weighted by atomic mass is 19.3. The lowest BCUT2D eigenvalue weighted by molar-refractivity contribution is -0.0301. The van der Waals surface area contributed by atoms with Crippen LogP contribution in [-0.2, 0) is 13.0 Å². The van der Waals surface area contributed by atoms with Gasteiger partial charge in [-0.15, -0.1) is 0 Å². The largest absolute Gasteiger partial charge is 0.369 e. The van der Waals surface area contributed by atoms with Gasteiger partial charge in [0, 0.05) is 74.3 Å². The highest BCUT2D eigenvalue weighted by Crippen LogP contribution is 2.42. The van der Waals surface area contributed by atoms with E-state index in [1.54, 1.807) is 12.1 Å². The zero-order valence-corrected chi connectivity index (χ0v) is 26.8. The molecule has 1 aliphatic carbocycles.